The Hall–Kier alpha value is -1.44. The third-order valence-electron chi connectivity index (χ3n) is 3.43. The highest BCUT2D eigenvalue weighted by molar-refractivity contribution is 7.98. The zero-order chi connectivity index (χ0) is 15.8. The van der Waals surface area contributed by atoms with E-state index in [0.717, 1.165) is 23.3 Å². The average Bonchev–Trinajstić information content (AvgIpc) is 2.49. The summed E-state index contributed by atoms with van der Waals surface area (Å²) in [6.07, 6.45) is 3.00. The Balaban J connectivity index is 3.11. The van der Waals surface area contributed by atoms with Crippen LogP contribution in [0.4, 0.5) is 0 Å². The highest BCUT2D eigenvalue weighted by atomic mass is 32.2. The Kier molecular flexibility index (Phi) is 7.35. The van der Waals surface area contributed by atoms with Crippen LogP contribution in [0.1, 0.15) is 34.8 Å². The fourth-order valence-corrected chi connectivity index (χ4v) is 2.99. The molecule has 0 fully saturated rings. The summed E-state index contributed by atoms with van der Waals surface area (Å²) in [7, 11) is 1.87. The van der Waals surface area contributed by atoms with Crippen molar-refractivity contribution in [2.45, 2.75) is 26.3 Å². The fourth-order valence-electron chi connectivity index (χ4n) is 2.15. The van der Waals surface area contributed by atoms with Crippen molar-refractivity contribution in [1.82, 2.24) is 4.90 Å². The number of carbonyl (C=O) groups excluding carboxylic acids is 1. The van der Waals surface area contributed by atoms with Gasteiger partial charge in [0.1, 0.15) is 0 Å². The van der Waals surface area contributed by atoms with Crippen molar-refractivity contribution in [2.24, 2.45) is 5.73 Å². The van der Waals surface area contributed by atoms with Crippen LogP contribution in [-0.2, 0) is 0 Å². The number of amides is 1. The lowest BCUT2D eigenvalue weighted by Gasteiger charge is -2.27. The minimum atomic E-state index is 0.0252. The summed E-state index contributed by atoms with van der Waals surface area (Å²) in [5.41, 5.74) is 7.94. The van der Waals surface area contributed by atoms with Crippen molar-refractivity contribution in [2.75, 3.05) is 25.6 Å². The van der Waals surface area contributed by atoms with Gasteiger partial charge < -0.3 is 10.6 Å². The molecule has 1 atom stereocenters. The van der Waals surface area contributed by atoms with Gasteiger partial charge in [0.15, 0.2) is 0 Å². The Morgan fingerprint density at radius 2 is 2.19 bits per heavy atom. The Bertz CT molecular complexity index is 545. The summed E-state index contributed by atoms with van der Waals surface area (Å²) < 4.78 is 0. The first-order valence-corrected chi connectivity index (χ1v) is 8.50. The number of nitrogens with zero attached hydrogens (tertiary/aromatic N) is 1. The van der Waals surface area contributed by atoms with E-state index in [4.69, 9.17) is 5.73 Å². The second-order valence-electron chi connectivity index (χ2n) is 4.99. The lowest BCUT2D eigenvalue weighted by atomic mass is 10.0. The topological polar surface area (TPSA) is 46.3 Å². The molecule has 0 spiro atoms. The quantitative estimate of drug-likeness (QED) is 0.850. The van der Waals surface area contributed by atoms with Crippen LogP contribution >= 0.6 is 11.8 Å². The van der Waals surface area contributed by atoms with Crippen molar-refractivity contribution in [1.29, 1.82) is 0 Å². The minimum absolute atomic E-state index is 0.0252. The minimum Gasteiger partial charge on any atom is -0.338 e. The van der Waals surface area contributed by atoms with Gasteiger partial charge in [-0.05, 0) is 37.3 Å². The van der Waals surface area contributed by atoms with Crippen LogP contribution in [0.5, 0.6) is 0 Å². The lowest BCUT2D eigenvalue weighted by Crippen LogP contribution is -2.38. The maximum Gasteiger partial charge on any atom is 0.255 e. The summed E-state index contributed by atoms with van der Waals surface area (Å²) in [5, 5.41) is 0. The average molecular weight is 304 g/mol. The van der Waals surface area contributed by atoms with Crippen LogP contribution < -0.4 is 5.73 Å². The molecule has 2 N–H and O–H groups in total. The van der Waals surface area contributed by atoms with E-state index in [1.54, 1.807) is 11.8 Å². The molecule has 21 heavy (non-hydrogen) atoms. The maximum absolute atomic E-state index is 12.7. The maximum atomic E-state index is 12.7. The molecule has 0 bridgehead atoms. The van der Waals surface area contributed by atoms with Gasteiger partial charge in [-0.3, -0.25) is 4.79 Å². The Morgan fingerprint density at radius 1 is 1.48 bits per heavy atom. The molecule has 0 saturated heterocycles. The van der Waals surface area contributed by atoms with E-state index in [2.05, 4.69) is 25.0 Å². The molecule has 3 nitrogen and oxygen atoms in total. The van der Waals surface area contributed by atoms with E-state index in [0.29, 0.717) is 12.1 Å². The highest BCUT2D eigenvalue weighted by Crippen LogP contribution is 2.16. The van der Waals surface area contributed by atoms with E-state index in [1.807, 2.05) is 37.1 Å². The number of benzene rings is 1. The standard InChI is InChI=1S/C17H24N2OS/c1-5-15(12-21-4)19(3)17(20)16-9-8-13(2)11-14(16)7-6-10-18/h8-9,11,15H,5,10,12,18H2,1-4H3. The van der Waals surface area contributed by atoms with Crippen molar-refractivity contribution >= 4 is 17.7 Å². The van der Waals surface area contributed by atoms with Crippen LogP contribution in [0, 0.1) is 18.8 Å². The summed E-state index contributed by atoms with van der Waals surface area (Å²) in [5.74, 6) is 6.81. The monoisotopic (exact) mass is 304 g/mol. The second kappa shape index (κ2) is 8.76. The molecule has 0 saturated carbocycles. The van der Waals surface area contributed by atoms with Crippen LogP contribution in [0.2, 0.25) is 0 Å². The van der Waals surface area contributed by atoms with Crippen molar-refractivity contribution in [3.05, 3.63) is 34.9 Å². The van der Waals surface area contributed by atoms with Crippen LogP contribution in [0.15, 0.2) is 18.2 Å². The molecule has 1 amide bonds. The number of hydrogen-bond acceptors (Lipinski definition) is 3. The molecule has 0 aromatic heterocycles. The van der Waals surface area contributed by atoms with Crippen molar-refractivity contribution in [3.63, 3.8) is 0 Å². The Labute approximate surface area is 132 Å². The van der Waals surface area contributed by atoms with Gasteiger partial charge in [0, 0.05) is 24.4 Å². The molecule has 1 unspecified atom stereocenters. The molecule has 0 heterocycles. The van der Waals surface area contributed by atoms with E-state index < -0.39 is 0 Å². The van der Waals surface area contributed by atoms with E-state index in [9.17, 15) is 4.79 Å². The molecule has 1 rings (SSSR count). The first-order valence-electron chi connectivity index (χ1n) is 7.10. The molecule has 4 heteroatoms. The number of nitrogens with two attached hydrogens (primary N) is 1. The van der Waals surface area contributed by atoms with Gasteiger partial charge in [-0.2, -0.15) is 11.8 Å². The van der Waals surface area contributed by atoms with Gasteiger partial charge in [-0.1, -0.05) is 24.8 Å². The second-order valence-corrected chi connectivity index (χ2v) is 5.90. The number of aryl methyl sites for hydroxylation is 1. The molecule has 0 aliphatic heterocycles. The van der Waals surface area contributed by atoms with E-state index in [1.165, 1.54) is 0 Å². The molecular formula is C17H24N2OS. The van der Waals surface area contributed by atoms with Gasteiger partial charge >= 0.3 is 0 Å². The summed E-state index contributed by atoms with van der Waals surface area (Å²) in [6.45, 7) is 4.39. The number of hydrogen-bond donors (Lipinski definition) is 1. The van der Waals surface area contributed by atoms with Crippen LogP contribution in [0.25, 0.3) is 0 Å². The molecule has 0 aliphatic rings. The predicted molar refractivity (Wildman–Crippen MR) is 91.7 cm³/mol. The predicted octanol–water partition coefficient (Wildman–Crippen LogP) is 2.52. The molecule has 1 aromatic carbocycles. The zero-order valence-electron chi connectivity index (χ0n) is 13.3. The van der Waals surface area contributed by atoms with Gasteiger partial charge in [-0.15, -0.1) is 0 Å². The molecule has 0 aliphatic carbocycles. The molecule has 0 radical (unpaired) electrons. The summed E-state index contributed by atoms with van der Waals surface area (Å²) >= 11 is 1.76. The van der Waals surface area contributed by atoms with Crippen molar-refractivity contribution in [3.8, 4) is 11.8 Å². The molecule has 1 aromatic rings. The first kappa shape index (κ1) is 17.6. The van der Waals surface area contributed by atoms with Crippen molar-refractivity contribution < 1.29 is 4.79 Å². The number of rotatable bonds is 5. The molecule has 114 valence electrons. The first-order chi connectivity index (χ1) is 10.0. The largest absolute Gasteiger partial charge is 0.338 e. The van der Waals surface area contributed by atoms with Crippen LogP contribution in [-0.4, -0.2) is 42.4 Å². The number of carbonyl (C=O) groups is 1. The van der Waals surface area contributed by atoms with E-state index >= 15 is 0 Å². The van der Waals surface area contributed by atoms with Gasteiger partial charge in [0.2, 0.25) is 0 Å². The van der Waals surface area contributed by atoms with Gasteiger partial charge in [0.25, 0.3) is 5.91 Å². The number of thioether (sulfide) groups is 1. The summed E-state index contributed by atoms with van der Waals surface area (Å²) in [6, 6.07) is 5.99. The van der Waals surface area contributed by atoms with Gasteiger partial charge in [0.05, 0.1) is 12.1 Å². The van der Waals surface area contributed by atoms with Crippen LogP contribution in [0.3, 0.4) is 0 Å². The SMILES string of the molecule is CCC(CSC)N(C)C(=O)c1ccc(C)cc1C#CCN. The summed E-state index contributed by atoms with van der Waals surface area (Å²) in [4.78, 5) is 14.6. The third kappa shape index (κ3) is 4.80. The Morgan fingerprint density at radius 3 is 2.76 bits per heavy atom. The highest BCUT2D eigenvalue weighted by Gasteiger charge is 2.21. The smallest absolute Gasteiger partial charge is 0.255 e. The zero-order valence-corrected chi connectivity index (χ0v) is 14.1. The van der Waals surface area contributed by atoms with E-state index in [-0.39, 0.29) is 11.9 Å². The van der Waals surface area contributed by atoms with Gasteiger partial charge in [-0.25, -0.2) is 0 Å². The third-order valence-corrected chi connectivity index (χ3v) is 4.15. The lowest BCUT2D eigenvalue weighted by molar-refractivity contribution is 0.0743. The molecular weight excluding hydrogens is 280 g/mol. The fraction of sp³-hybridized carbons (Fsp3) is 0.471. The normalized spacial score (nSPS) is 11.5.